The van der Waals surface area contributed by atoms with Crippen molar-refractivity contribution in [2.24, 2.45) is 11.3 Å². The maximum absolute atomic E-state index is 11.1. The highest BCUT2D eigenvalue weighted by atomic mass is 16.6. The number of aromatic carboxylic acids is 1. The minimum atomic E-state index is -1.16. The summed E-state index contributed by atoms with van der Waals surface area (Å²) in [6.07, 6.45) is 4.90. The van der Waals surface area contributed by atoms with Gasteiger partial charge in [-0.05, 0) is 49.1 Å². The van der Waals surface area contributed by atoms with Gasteiger partial charge >= 0.3 is 5.97 Å². The Morgan fingerprint density at radius 2 is 2.15 bits per heavy atom. The average molecular weight is 276 g/mol. The number of hydrogen-bond acceptors (Lipinski definition) is 4. The molecule has 1 aromatic carbocycles. The zero-order chi connectivity index (χ0) is 14.3. The molecular formula is C14H16N2O4. The van der Waals surface area contributed by atoms with E-state index in [1.165, 1.54) is 37.8 Å². The molecule has 1 aromatic rings. The van der Waals surface area contributed by atoms with Crippen molar-refractivity contribution in [1.29, 1.82) is 0 Å². The highest BCUT2D eigenvalue weighted by Gasteiger charge is 2.53. The molecular weight excluding hydrogens is 260 g/mol. The Morgan fingerprint density at radius 1 is 1.45 bits per heavy atom. The van der Waals surface area contributed by atoms with Crippen molar-refractivity contribution in [2.45, 2.75) is 25.7 Å². The SMILES string of the molecule is O=C(O)c1ccc(NCC2(C3CC3)CC2)c([N+](=O)[O-])c1. The quantitative estimate of drug-likeness (QED) is 0.615. The van der Waals surface area contributed by atoms with Gasteiger partial charge in [0, 0.05) is 12.6 Å². The number of carboxylic acids is 1. The van der Waals surface area contributed by atoms with Gasteiger partial charge in [-0.1, -0.05) is 0 Å². The summed E-state index contributed by atoms with van der Waals surface area (Å²) in [6.45, 7) is 0.741. The smallest absolute Gasteiger partial charge is 0.335 e. The van der Waals surface area contributed by atoms with Crippen molar-refractivity contribution in [3.63, 3.8) is 0 Å². The molecule has 2 saturated carbocycles. The molecule has 0 saturated heterocycles. The van der Waals surface area contributed by atoms with Crippen molar-refractivity contribution in [3.05, 3.63) is 33.9 Å². The molecule has 0 radical (unpaired) electrons. The van der Waals surface area contributed by atoms with E-state index in [9.17, 15) is 14.9 Å². The molecule has 0 spiro atoms. The Balaban J connectivity index is 1.78. The first-order valence-electron chi connectivity index (χ1n) is 6.77. The van der Waals surface area contributed by atoms with Crippen LogP contribution in [0.25, 0.3) is 0 Å². The van der Waals surface area contributed by atoms with Crippen LogP contribution in [-0.4, -0.2) is 22.5 Å². The van der Waals surface area contributed by atoms with Crippen LogP contribution in [0.2, 0.25) is 0 Å². The lowest BCUT2D eigenvalue weighted by atomic mass is 10.0. The molecule has 0 atom stereocenters. The number of carboxylic acid groups (broad SMARTS) is 1. The van der Waals surface area contributed by atoms with Gasteiger partial charge < -0.3 is 10.4 Å². The van der Waals surface area contributed by atoms with Crippen molar-refractivity contribution < 1.29 is 14.8 Å². The first-order valence-corrected chi connectivity index (χ1v) is 6.77. The van der Waals surface area contributed by atoms with Crippen LogP contribution in [0.4, 0.5) is 11.4 Å². The van der Waals surface area contributed by atoms with Crippen LogP contribution >= 0.6 is 0 Å². The van der Waals surface area contributed by atoms with Gasteiger partial charge in [-0.15, -0.1) is 0 Å². The summed E-state index contributed by atoms with van der Waals surface area (Å²) in [5, 5.41) is 23.1. The number of benzene rings is 1. The van der Waals surface area contributed by atoms with Gasteiger partial charge in [-0.25, -0.2) is 4.79 Å². The van der Waals surface area contributed by atoms with Crippen LogP contribution < -0.4 is 5.32 Å². The second-order valence-corrected chi connectivity index (χ2v) is 5.78. The Labute approximate surface area is 115 Å². The Kier molecular flexibility index (Phi) is 2.88. The third kappa shape index (κ3) is 2.33. The lowest BCUT2D eigenvalue weighted by Crippen LogP contribution is -2.18. The maximum Gasteiger partial charge on any atom is 0.335 e. The third-order valence-electron chi connectivity index (χ3n) is 4.41. The van der Waals surface area contributed by atoms with E-state index in [4.69, 9.17) is 5.11 Å². The van der Waals surface area contributed by atoms with Gasteiger partial charge in [-0.3, -0.25) is 10.1 Å². The first kappa shape index (κ1) is 12.9. The number of nitro benzene ring substituents is 1. The number of anilines is 1. The van der Waals surface area contributed by atoms with E-state index in [0.717, 1.165) is 18.5 Å². The summed E-state index contributed by atoms with van der Waals surface area (Å²) in [5.74, 6) is -0.386. The standard InChI is InChI=1S/C14H16N2O4/c17-13(18)9-1-4-11(12(7-9)16(19)20)15-8-14(5-6-14)10-2-3-10/h1,4,7,10,15H,2-3,5-6,8H2,(H,17,18). The maximum atomic E-state index is 11.1. The highest BCUT2D eigenvalue weighted by molar-refractivity contribution is 5.89. The van der Waals surface area contributed by atoms with Gasteiger partial charge in [-0.2, -0.15) is 0 Å². The summed E-state index contributed by atoms with van der Waals surface area (Å²) < 4.78 is 0. The Morgan fingerprint density at radius 3 is 2.65 bits per heavy atom. The average Bonchev–Trinajstić information content (AvgIpc) is 3.27. The van der Waals surface area contributed by atoms with E-state index in [1.54, 1.807) is 0 Å². The zero-order valence-electron chi connectivity index (χ0n) is 11.0. The summed E-state index contributed by atoms with van der Waals surface area (Å²) >= 11 is 0. The predicted octanol–water partition coefficient (Wildman–Crippen LogP) is 2.90. The Bertz CT molecular complexity index is 577. The predicted molar refractivity (Wildman–Crippen MR) is 72.9 cm³/mol. The number of hydrogen-bond donors (Lipinski definition) is 2. The van der Waals surface area contributed by atoms with E-state index in [2.05, 4.69) is 5.32 Å². The van der Waals surface area contributed by atoms with E-state index >= 15 is 0 Å². The fraction of sp³-hybridized carbons (Fsp3) is 0.500. The monoisotopic (exact) mass is 276 g/mol. The lowest BCUT2D eigenvalue weighted by Gasteiger charge is -2.16. The molecule has 2 aliphatic carbocycles. The van der Waals surface area contributed by atoms with Crippen molar-refractivity contribution >= 4 is 17.3 Å². The third-order valence-corrected chi connectivity index (χ3v) is 4.41. The number of carbonyl (C=O) groups is 1. The second-order valence-electron chi connectivity index (χ2n) is 5.78. The fourth-order valence-corrected chi connectivity index (χ4v) is 2.82. The van der Waals surface area contributed by atoms with Crippen LogP contribution in [0.5, 0.6) is 0 Å². The van der Waals surface area contributed by atoms with Crippen molar-refractivity contribution in [3.8, 4) is 0 Å². The molecule has 2 N–H and O–H groups in total. The molecule has 20 heavy (non-hydrogen) atoms. The molecule has 0 amide bonds. The summed E-state index contributed by atoms with van der Waals surface area (Å²) in [7, 11) is 0. The van der Waals surface area contributed by atoms with Crippen LogP contribution in [0.15, 0.2) is 18.2 Å². The zero-order valence-corrected chi connectivity index (χ0v) is 11.0. The molecule has 2 fully saturated rings. The number of nitro groups is 1. The minimum absolute atomic E-state index is 0.0643. The van der Waals surface area contributed by atoms with E-state index in [1.807, 2.05) is 0 Å². The topological polar surface area (TPSA) is 92.5 Å². The van der Waals surface area contributed by atoms with Crippen LogP contribution in [-0.2, 0) is 0 Å². The molecule has 6 heteroatoms. The van der Waals surface area contributed by atoms with Gasteiger partial charge in [0.25, 0.3) is 5.69 Å². The molecule has 6 nitrogen and oxygen atoms in total. The molecule has 0 bridgehead atoms. The largest absolute Gasteiger partial charge is 0.478 e. The summed E-state index contributed by atoms with van der Waals surface area (Å²) in [5.41, 5.74) is 0.508. The molecule has 3 rings (SSSR count). The second kappa shape index (κ2) is 4.47. The van der Waals surface area contributed by atoms with Gasteiger partial charge in [0.1, 0.15) is 5.69 Å². The van der Waals surface area contributed by atoms with Crippen molar-refractivity contribution in [1.82, 2.24) is 0 Å². The first-order chi connectivity index (χ1) is 9.52. The number of nitrogens with zero attached hydrogens (tertiary/aromatic N) is 1. The van der Waals surface area contributed by atoms with Gasteiger partial charge in [0.05, 0.1) is 10.5 Å². The molecule has 0 aliphatic heterocycles. The Hall–Kier alpha value is -2.11. The summed E-state index contributed by atoms with van der Waals surface area (Å²) in [6, 6.07) is 4.00. The fourth-order valence-electron chi connectivity index (χ4n) is 2.82. The van der Waals surface area contributed by atoms with Crippen LogP contribution in [0, 0.1) is 21.4 Å². The number of rotatable bonds is 6. The molecule has 2 aliphatic rings. The van der Waals surface area contributed by atoms with Gasteiger partial charge in [0.2, 0.25) is 0 Å². The van der Waals surface area contributed by atoms with E-state index in [-0.39, 0.29) is 11.3 Å². The molecule has 0 unspecified atom stereocenters. The van der Waals surface area contributed by atoms with Crippen LogP contribution in [0.1, 0.15) is 36.0 Å². The van der Waals surface area contributed by atoms with Gasteiger partial charge in [0.15, 0.2) is 0 Å². The lowest BCUT2D eigenvalue weighted by molar-refractivity contribution is -0.384. The minimum Gasteiger partial charge on any atom is -0.478 e. The molecule has 0 heterocycles. The normalized spacial score (nSPS) is 19.4. The number of nitrogens with one attached hydrogen (secondary N) is 1. The molecule has 0 aromatic heterocycles. The molecule has 106 valence electrons. The van der Waals surface area contributed by atoms with E-state index in [0.29, 0.717) is 11.1 Å². The van der Waals surface area contributed by atoms with Crippen molar-refractivity contribution in [2.75, 3.05) is 11.9 Å². The summed E-state index contributed by atoms with van der Waals surface area (Å²) in [4.78, 5) is 21.4. The van der Waals surface area contributed by atoms with Crippen LogP contribution in [0.3, 0.4) is 0 Å². The van der Waals surface area contributed by atoms with E-state index < -0.39 is 10.9 Å². The highest BCUT2D eigenvalue weighted by Crippen LogP contribution is 2.61.